The van der Waals surface area contributed by atoms with Crippen molar-refractivity contribution in [2.24, 2.45) is 0 Å². The monoisotopic (exact) mass is 243 g/mol. The number of carbonyl (C=O) groups excluding carboxylic acids is 1. The number of unbranched alkanes of at least 4 members (excludes halogenated alkanes) is 1. The first-order valence-corrected chi connectivity index (χ1v) is 6.24. The smallest absolute Gasteiger partial charge is 0.227 e. The van der Waals surface area contributed by atoms with Crippen molar-refractivity contribution < 1.29 is 4.79 Å². The van der Waals surface area contributed by atoms with E-state index in [4.69, 9.17) is 5.26 Å². The number of amides is 1. The van der Waals surface area contributed by atoms with Gasteiger partial charge in [0.1, 0.15) is 0 Å². The van der Waals surface area contributed by atoms with Crippen LogP contribution in [0.15, 0.2) is 18.2 Å². The highest BCUT2D eigenvalue weighted by molar-refractivity contribution is 5.96. The van der Waals surface area contributed by atoms with Gasteiger partial charge in [0.05, 0.1) is 6.07 Å². The lowest BCUT2D eigenvalue weighted by molar-refractivity contribution is -0.118. The van der Waals surface area contributed by atoms with Gasteiger partial charge in [-0.2, -0.15) is 5.26 Å². The fourth-order valence-electron chi connectivity index (χ4n) is 2.28. The molecule has 1 aliphatic rings. The summed E-state index contributed by atoms with van der Waals surface area (Å²) in [7, 11) is 1.89. The van der Waals surface area contributed by atoms with Gasteiger partial charge >= 0.3 is 0 Å². The Morgan fingerprint density at radius 1 is 1.44 bits per heavy atom. The SMILES string of the molecule is CNc1ccc2c(c1)CCC(=O)N2CCCC#N. The molecule has 0 unspecified atom stereocenters. The molecule has 0 fully saturated rings. The zero-order chi connectivity index (χ0) is 13.0. The van der Waals surface area contributed by atoms with Crippen LogP contribution in [-0.2, 0) is 11.2 Å². The maximum absolute atomic E-state index is 11.9. The molecule has 2 rings (SSSR count). The van der Waals surface area contributed by atoms with Crippen LogP contribution in [0.4, 0.5) is 11.4 Å². The molecule has 1 aromatic carbocycles. The Balaban J connectivity index is 2.22. The second kappa shape index (κ2) is 5.54. The van der Waals surface area contributed by atoms with Crippen LogP contribution in [0, 0.1) is 11.3 Å². The summed E-state index contributed by atoms with van der Waals surface area (Å²) in [5.74, 6) is 0.164. The zero-order valence-corrected chi connectivity index (χ0v) is 10.6. The summed E-state index contributed by atoms with van der Waals surface area (Å²) in [4.78, 5) is 13.7. The minimum Gasteiger partial charge on any atom is -0.388 e. The van der Waals surface area contributed by atoms with Gasteiger partial charge in [-0.3, -0.25) is 4.79 Å². The lowest BCUT2D eigenvalue weighted by Crippen LogP contribution is -2.35. The van der Waals surface area contributed by atoms with Crippen LogP contribution >= 0.6 is 0 Å². The molecule has 0 spiro atoms. The fourth-order valence-corrected chi connectivity index (χ4v) is 2.28. The number of carbonyl (C=O) groups is 1. The van der Waals surface area contributed by atoms with Crippen LogP contribution in [0.3, 0.4) is 0 Å². The number of anilines is 2. The molecule has 1 N–H and O–H groups in total. The quantitative estimate of drug-likeness (QED) is 0.826. The Bertz CT molecular complexity index is 490. The molecule has 1 aliphatic heterocycles. The number of nitrogens with one attached hydrogen (secondary N) is 1. The van der Waals surface area contributed by atoms with Gasteiger partial charge in [-0.05, 0) is 36.6 Å². The molecule has 18 heavy (non-hydrogen) atoms. The predicted octanol–water partition coefficient (Wildman–Crippen LogP) is 2.31. The van der Waals surface area contributed by atoms with E-state index in [1.807, 2.05) is 24.1 Å². The van der Waals surface area contributed by atoms with Gasteiger partial charge in [-0.25, -0.2) is 0 Å². The molecule has 1 aromatic rings. The summed E-state index contributed by atoms with van der Waals surface area (Å²) in [6, 6.07) is 8.18. The molecule has 0 saturated carbocycles. The van der Waals surface area contributed by atoms with Crippen molar-refractivity contribution in [3.05, 3.63) is 23.8 Å². The van der Waals surface area contributed by atoms with E-state index in [1.165, 1.54) is 5.56 Å². The maximum atomic E-state index is 11.9. The van der Waals surface area contributed by atoms with E-state index < -0.39 is 0 Å². The van der Waals surface area contributed by atoms with Crippen molar-refractivity contribution in [1.29, 1.82) is 5.26 Å². The Morgan fingerprint density at radius 2 is 2.28 bits per heavy atom. The molecule has 0 atom stereocenters. The summed E-state index contributed by atoms with van der Waals surface area (Å²) < 4.78 is 0. The van der Waals surface area contributed by atoms with Crippen LogP contribution in [0.1, 0.15) is 24.8 Å². The summed E-state index contributed by atoms with van der Waals surface area (Å²) in [5, 5.41) is 11.7. The first-order valence-electron chi connectivity index (χ1n) is 6.24. The molecule has 94 valence electrons. The van der Waals surface area contributed by atoms with E-state index in [-0.39, 0.29) is 5.91 Å². The van der Waals surface area contributed by atoms with E-state index in [9.17, 15) is 4.79 Å². The molecule has 0 bridgehead atoms. The number of rotatable bonds is 4. The van der Waals surface area contributed by atoms with E-state index in [1.54, 1.807) is 0 Å². The number of hydrogen-bond acceptors (Lipinski definition) is 3. The molecular weight excluding hydrogens is 226 g/mol. The number of aryl methyl sites for hydroxylation is 1. The predicted molar refractivity (Wildman–Crippen MR) is 71.5 cm³/mol. The Hall–Kier alpha value is -2.02. The Kier molecular flexibility index (Phi) is 3.83. The lowest BCUT2D eigenvalue weighted by Gasteiger charge is -2.29. The molecule has 0 saturated heterocycles. The third-order valence-electron chi connectivity index (χ3n) is 3.24. The van der Waals surface area contributed by atoms with E-state index in [0.717, 1.165) is 24.2 Å². The van der Waals surface area contributed by atoms with E-state index >= 15 is 0 Å². The third kappa shape index (κ3) is 2.45. The molecule has 0 aliphatic carbocycles. The first-order chi connectivity index (χ1) is 8.76. The van der Waals surface area contributed by atoms with Crippen LogP contribution < -0.4 is 10.2 Å². The molecule has 1 amide bonds. The number of hydrogen-bond donors (Lipinski definition) is 1. The summed E-state index contributed by atoms with van der Waals surface area (Å²) in [6.07, 6.45) is 2.59. The summed E-state index contributed by atoms with van der Waals surface area (Å²) in [5.41, 5.74) is 3.28. The minimum absolute atomic E-state index is 0.164. The van der Waals surface area contributed by atoms with Gasteiger partial charge in [0.2, 0.25) is 5.91 Å². The van der Waals surface area contributed by atoms with Crippen molar-refractivity contribution >= 4 is 17.3 Å². The van der Waals surface area contributed by atoms with Gasteiger partial charge in [-0.15, -0.1) is 0 Å². The average molecular weight is 243 g/mol. The number of nitriles is 1. The molecule has 0 radical (unpaired) electrons. The maximum Gasteiger partial charge on any atom is 0.227 e. The normalized spacial score (nSPS) is 14.0. The van der Waals surface area contributed by atoms with Crippen molar-refractivity contribution in [3.63, 3.8) is 0 Å². The topological polar surface area (TPSA) is 56.1 Å². The largest absolute Gasteiger partial charge is 0.388 e. The minimum atomic E-state index is 0.164. The number of benzene rings is 1. The summed E-state index contributed by atoms with van der Waals surface area (Å²) >= 11 is 0. The number of fused-ring (bicyclic) bond motifs is 1. The second-order valence-corrected chi connectivity index (χ2v) is 4.40. The van der Waals surface area contributed by atoms with Gasteiger partial charge in [0.25, 0.3) is 0 Å². The Labute approximate surface area is 107 Å². The lowest BCUT2D eigenvalue weighted by atomic mass is 10.00. The second-order valence-electron chi connectivity index (χ2n) is 4.40. The van der Waals surface area contributed by atoms with Gasteiger partial charge in [0.15, 0.2) is 0 Å². The molecule has 1 heterocycles. The van der Waals surface area contributed by atoms with Gasteiger partial charge in [0, 0.05) is 37.8 Å². The van der Waals surface area contributed by atoms with Gasteiger partial charge < -0.3 is 10.2 Å². The van der Waals surface area contributed by atoms with Crippen molar-refractivity contribution in [2.75, 3.05) is 23.8 Å². The van der Waals surface area contributed by atoms with Crippen LogP contribution in [-0.4, -0.2) is 19.5 Å². The molecule has 4 nitrogen and oxygen atoms in total. The molecule has 0 aromatic heterocycles. The molecular formula is C14H17N3O. The van der Waals surface area contributed by atoms with Crippen molar-refractivity contribution in [2.45, 2.75) is 25.7 Å². The first kappa shape index (κ1) is 12.4. The van der Waals surface area contributed by atoms with Crippen LogP contribution in [0.2, 0.25) is 0 Å². The van der Waals surface area contributed by atoms with Crippen molar-refractivity contribution in [3.8, 4) is 6.07 Å². The van der Waals surface area contributed by atoms with Crippen LogP contribution in [0.25, 0.3) is 0 Å². The van der Waals surface area contributed by atoms with Crippen molar-refractivity contribution in [1.82, 2.24) is 0 Å². The highest BCUT2D eigenvalue weighted by Gasteiger charge is 2.23. The average Bonchev–Trinajstić information content (AvgIpc) is 2.41. The van der Waals surface area contributed by atoms with Crippen LogP contribution in [0.5, 0.6) is 0 Å². The Morgan fingerprint density at radius 3 is 3.00 bits per heavy atom. The zero-order valence-electron chi connectivity index (χ0n) is 10.6. The van der Waals surface area contributed by atoms with E-state index in [0.29, 0.717) is 19.4 Å². The highest BCUT2D eigenvalue weighted by Crippen LogP contribution is 2.30. The summed E-state index contributed by atoms with van der Waals surface area (Å²) in [6.45, 7) is 0.637. The third-order valence-corrected chi connectivity index (χ3v) is 3.24. The standard InChI is InChI=1S/C14H17N3O/c1-16-12-5-6-13-11(10-12)4-7-14(18)17(13)9-3-2-8-15/h5-6,10,16H,2-4,7,9H2,1H3. The fraction of sp³-hybridized carbons (Fsp3) is 0.429. The van der Waals surface area contributed by atoms with Gasteiger partial charge in [-0.1, -0.05) is 0 Å². The highest BCUT2D eigenvalue weighted by atomic mass is 16.2. The number of nitrogens with zero attached hydrogens (tertiary/aromatic N) is 2. The van der Waals surface area contributed by atoms with E-state index in [2.05, 4.69) is 17.5 Å². The molecule has 4 heteroatoms.